The fourth-order valence-corrected chi connectivity index (χ4v) is 1.37. The van der Waals surface area contributed by atoms with E-state index in [0.717, 1.165) is 0 Å². The average Bonchev–Trinajstić information content (AvgIpc) is 2.32. The number of rotatable bonds is 6. The van der Waals surface area contributed by atoms with Crippen molar-refractivity contribution in [3.8, 4) is 11.5 Å². The number of nitrogens with one attached hydrogen (secondary N) is 2. The van der Waals surface area contributed by atoms with E-state index in [1.54, 1.807) is 32.4 Å². The lowest BCUT2D eigenvalue weighted by atomic mass is 10.2. The maximum absolute atomic E-state index is 11.5. The molecule has 0 atom stereocenters. The molecule has 0 aromatic heterocycles. The van der Waals surface area contributed by atoms with Crippen molar-refractivity contribution >= 4 is 11.6 Å². The van der Waals surface area contributed by atoms with Gasteiger partial charge in [0, 0.05) is 6.07 Å². The highest BCUT2D eigenvalue weighted by molar-refractivity contribution is 5.93. The number of carbonyl (C=O) groups excluding carboxylic acids is 1. The number of methoxy groups -OCH3 is 1. The number of hydrogen-bond acceptors (Lipinski definition) is 4. The molecular weight excluding hydrogens is 220 g/mol. The van der Waals surface area contributed by atoms with Crippen molar-refractivity contribution in [3.05, 3.63) is 18.2 Å². The van der Waals surface area contributed by atoms with E-state index in [0.29, 0.717) is 23.8 Å². The van der Waals surface area contributed by atoms with Crippen LogP contribution in [0.3, 0.4) is 0 Å². The molecule has 5 heteroatoms. The van der Waals surface area contributed by atoms with Crippen LogP contribution in [0.2, 0.25) is 0 Å². The Morgan fingerprint density at radius 3 is 2.76 bits per heavy atom. The Balaban J connectivity index is 2.88. The molecule has 0 radical (unpaired) electrons. The second-order valence-electron chi connectivity index (χ2n) is 3.37. The lowest BCUT2D eigenvalue weighted by Gasteiger charge is -2.12. The normalized spacial score (nSPS) is 9.82. The van der Waals surface area contributed by atoms with Crippen LogP contribution in [0.1, 0.15) is 6.92 Å². The third kappa shape index (κ3) is 3.96. The highest BCUT2D eigenvalue weighted by atomic mass is 16.5. The van der Waals surface area contributed by atoms with Crippen LogP contribution in [-0.2, 0) is 4.79 Å². The highest BCUT2D eigenvalue weighted by Gasteiger charge is 2.08. The van der Waals surface area contributed by atoms with Crippen LogP contribution in [0, 0.1) is 0 Å². The summed E-state index contributed by atoms with van der Waals surface area (Å²) in [6, 6.07) is 5.30. The van der Waals surface area contributed by atoms with E-state index in [2.05, 4.69) is 10.6 Å². The van der Waals surface area contributed by atoms with Crippen LogP contribution < -0.4 is 20.1 Å². The summed E-state index contributed by atoms with van der Waals surface area (Å²) >= 11 is 0. The topological polar surface area (TPSA) is 59.6 Å². The summed E-state index contributed by atoms with van der Waals surface area (Å²) < 4.78 is 10.5. The first-order chi connectivity index (χ1) is 8.21. The van der Waals surface area contributed by atoms with E-state index in [-0.39, 0.29) is 12.5 Å². The van der Waals surface area contributed by atoms with Crippen LogP contribution in [0.25, 0.3) is 0 Å². The Morgan fingerprint density at radius 1 is 1.41 bits per heavy atom. The number of likely N-dealkylation sites (N-methyl/N-ethyl adjacent to an activating group) is 1. The summed E-state index contributed by atoms with van der Waals surface area (Å²) in [5.74, 6) is 1.19. The molecule has 0 heterocycles. The Bertz CT molecular complexity index is 380. The Morgan fingerprint density at radius 2 is 2.18 bits per heavy atom. The maximum atomic E-state index is 11.5. The SMILES string of the molecule is CCOc1ccc(OC)cc1NC(=O)CNC. The summed E-state index contributed by atoms with van der Waals surface area (Å²) in [6.07, 6.45) is 0. The Kier molecular flexibility index (Phi) is 5.29. The van der Waals surface area contributed by atoms with Gasteiger partial charge in [0.15, 0.2) is 0 Å². The Labute approximate surface area is 101 Å². The quantitative estimate of drug-likeness (QED) is 0.783. The first-order valence-corrected chi connectivity index (χ1v) is 5.46. The molecule has 0 saturated heterocycles. The largest absolute Gasteiger partial charge is 0.497 e. The number of benzene rings is 1. The molecule has 1 amide bonds. The Hall–Kier alpha value is -1.75. The molecule has 1 aromatic rings. The predicted molar refractivity (Wildman–Crippen MR) is 66.7 cm³/mol. The minimum atomic E-state index is -0.123. The van der Waals surface area contributed by atoms with E-state index in [1.165, 1.54) is 0 Å². The van der Waals surface area contributed by atoms with Gasteiger partial charge < -0.3 is 20.1 Å². The van der Waals surface area contributed by atoms with E-state index in [1.807, 2.05) is 6.92 Å². The molecule has 0 aliphatic carbocycles. The second-order valence-corrected chi connectivity index (χ2v) is 3.37. The van der Waals surface area contributed by atoms with Crippen LogP contribution >= 0.6 is 0 Å². The van der Waals surface area contributed by atoms with Crippen molar-refractivity contribution in [3.63, 3.8) is 0 Å². The van der Waals surface area contributed by atoms with Gasteiger partial charge in [0.05, 0.1) is 25.9 Å². The van der Waals surface area contributed by atoms with Gasteiger partial charge in [0.25, 0.3) is 0 Å². The molecule has 0 unspecified atom stereocenters. The first kappa shape index (κ1) is 13.3. The van der Waals surface area contributed by atoms with Crippen LogP contribution in [-0.4, -0.2) is 33.2 Å². The third-order valence-corrected chi connectivity index (χ3v) is 2.10. The van der Waals surface area contributed by atoms with Gasteiger partial charge in [-0.1, -0.05) is 0 Å². The minimum absolute atomic E-state index is 0.123. The molecule has 0 spiro atoms. The average molecular weight is 238 g/mol. The number of ether oxygens (including phenoxy) is 2. The number of anilines is 1. The molecule has 0 aliphatic rings. The molecular formula is C12H18N2O3. The zero-order valence-corrected chi connectivity index (χ0v) is 10.4. The molecule has 2 N–H and O–H groups in total. The van der Waals surface area contributed by atoms with Crippen molar-refractivity contribution in [2.75, 3.05) is 32.6 Å². The zero-order valence-electron chi connectivity index (χ0n) is 10.4. The molecule has 1 rings (SSSR count). The van der Waals surface area contributed by atoms with Gasteiger partial charge in [0.2, 0.25) is 5.91 Å². The fourth-order valence-electron chi connectivity index (χ4n) is 1.37. The summed E-state index contributed by atoms with van der Waals surface area (Å²) in [4.78, 5) is 11.5. The number of carbonyl (C=O) groups is 1. The predicted octanol–water partition coefficient (Wildman–Crippen LogP) is 1.25. The van der Waals surface area contributed by atoms with Crippen molar-refractivity contribution in [2.45, 2.75) is 6.92 Å². The molecule has 1 aromatic carbocycles. The van der Waals surface area contributed by atoms with Crippen molar-refractivity contribution < 1.29 is 14.3 Å². The van der Waals surface area contributed by atoms with E-state index >= 15 is 0 Å². The summed E-state index contributed by atoms with van der Waals surface area (Å²) in [6.45, 7) is 2.69. The highest BCUT2D eigenvalue weighted by Crippen LogP contribution is 2.29. The maximum Gasteiger partial charge on any atom is 0.238 e. The fraction of sp³-hybridized carbons (Fsp3) is 0.417. The molecule has 0 saturated carbocycles. The van der Waals surface area contributed by atoms with Gasteiger partial charge in [-0.2, -0.15) is 0 Å². The molecule has 94 valence electrons. The lowest BCUT2D eigenvalue weighted by molar-refractivity contribution is -0.115. The molecule has 5 nitrogen and oxygen atoms in total. The molecule has 0 fully saturated rings. The standard InChI is InChI=1S/C12H18N2O3/c1-4-17-11-6-5-9(16-3)7-10(11)14-12(15)8-13-2/h5-7,13H,4,8H2,1-3H3,(H,14,15). The summed E-state index contributed by atoms with van der Waals surface area (Å²) in [5.41, 5.74) is 0.617. The first-order valence-electron chi connectivity index (χ1n) is 5.46. The summed E-state index contributed by atoms with van der Waals surface area (Å²) in [7, 11) is 3.30. The molecule has 0 bridgehead atoms. The van der Waals surface area contributed by atoms with Crippen molar-refractivity contribution in [1.82, 2.24) is 5.32 Å². The number of amides is 1. The van der Waals surface area contributed by atoms with E-state index in [4.69, 9.17) is 9.47 Å². The van der Waals surface area contributed by atoms with Crippen molar-refractivity contribution in [1.29, 1.82) is 0 Å². The number of hydrogen-bond donors (Lipinski definition) is 2. The van der Waals surface area contributed by atoms with E-state index in [9.17, 15) is 4.79 Å². The summed E-state index contributed by atoms with van der Waals surface area (Å²) in [5, 5.41) is 5.55. The van der Waals surface area contributed by atoms with Gasteiger partial charge >= 0.3 is 0 Å². The van der Waals surface area contributed by atoms with Gasteiger partial charge in [-0.25, -0.2) is 0 Å². The van der Waals surface area contributed by atoms with Gasteiger partial charge in [-0.05, 0) is 26.1 Å². The second kappa shape index (κ2) is 6.75. The van der Waals surface area contributed by atoms with Gasteiger partial charge in [-0.3, -0.25) is 4.79 Å². The monoisotopic (exact) mass is 238 g/mol. The van der Waals surface area contributed by atoms with Crippen LogP contribution in [0.4, 0.5) is 5.69 Å². The smallest absolute Gasteiger partial charge is 0.238 e. The van der Waals surface area contributed by atoms with Gasteiger partial charge in [0.1, 0.15) is 11.5 Å². The van der Waals surface area contributed by atoms with E-state index < -0.39 is 0 Å². The van der Waals surface area contributed by atoms with Crippen LogP contribution in [0.5, 0.6) is 11.5 Å². The van der Waals surface area contributed by atoms with Crippen LogP contribution in [0.15, 0.2) is 18.2 Å². The lowest BCUT2D eigenvalue weighted by Crippen LogP contribution is -2.25. The minimum Gasteiger partial charge on any atom is -0.497 e. The van der Waals surface area contributed by atoms with Crippen molar-refractivity contribution in [2.24, 2.45) is 0 Å². The zero-order chi connectivity index (χ0) is 12.7. The van der Waals surface area contributed by atoms with Gasteiger partial charge in [-0.15, -0.1) is 0 Å². The molecule has 17 heavy (non-hydrogen) atoms. The molecule has 0 aliphatic heterocycles. The third-order valence-electron chi connectivity index (χ3n) is 2.10.